The molecule has 0 radical (unpaired) electrons. The van der Waals surface area contributed by atoms with Crippen molar-refractivity contribution in [2.45, 2.75) is 52.0 Å². The predicted molar refractivity (Wildman–Crippen MR) is 121 cm³/mol. The van der Waals surface area contributed by atoms with Crippen LogP contribution in [0.3, 0.4) is 0 Å². The summed E-state index contributed by atoms with van der Waals surface area (Å²) in [5, 5.41) is 0. The van der Waals surface area contributed by atoms with E-state index >= 15 is 0 Å². The molecule has 31 heavy (non-hydrogen) atoms. The number of amides is 2. The molecule has 2 saturated heterocycles. The second-order valence-electron chi connectivity index (χ2n) is 8.57. The zero-order valence-electron chi connectivity index (χ0n) is 19.3. The SMILES string of the molecule is CCCCOc1ccc(C(=O)N2CCN(CC(=O)N3CCCCC3C)CC2)cc1OC. The Labute approximate surface area is 186 Å². The number of rotatable bonds is 8. The van der Waals surface area contributed by atoms with Crippen molar-refractivity contribution in [2.75, 3.05) is 53.0 Å². The minimum absolute atomic E-state index is 0.00552. The lowest BCUT2D eigenvalue weighted by atomic mass is 10.0. The molecule has 7 heteroatoms. The first kappa shape index (κ1) is 23.4. The third-order valence-corrected chi connectivity index (χ3v) is 6.31. The Hall–Kier alpha value is -2.28. The summed E-state index contributed by atoms with van der Waals surface area (Å²) in [5.41, 5.74) is 0.603. The van der Waals surface area contributed by atoms with Gasteiger partial charge >= 0.3 is 0 Å². The quantitative estimate of drug-likeness (QED) is 0.592. The molecule has 7 nitrogen and oxygen atoms in total. The van der Waals surface area contributed by atoms with E-state index in [4.69, 9.17) is 9.47 Å². The number of benzene rings is 1. The average Bonchev–Trinajstić information content (AvgIpc) is 2.79. The van der Waals surface area contributed by atoms with E-state index in [0.29, 0.717) is 49.3 Å². The molecule has 1 unspecified atom stereocenters. The zero-order chi connectivity index (χ0) is 22.2. The Kier molecular flexibility index (Phi) is 8.58. The predicted octanol–water partition coefficient (Wildman–Crippen LogP) is 3.03. The Morgan fingerprint density at radius 3 is 2.52 bits per heavy atom. The summed E-state index contributed by atoms with van der Waals surface area (Å²) in [6.07, 6.45) is 5.45. The smallest absolute Gasteiger partial charge is 0.254 e. The molecule has 1 aromatic carbocycles. The monoisotopic (exact) mass is 431 g/mol. The van der Waals surface area contributed by atoms with Crippen LogP contribution in [0.15, 0.2) is 18.2 Å². The van der Waals surface area contributed by atoms with Crippen molar-refractivity contribution in [3.63, 3.8) is 0 Å². The van der Waals surface area contributed by atoms with Crippen molar-refractivity contribution in [2.24, 2.45) is 0 Å². The molecule has 2 amide bonds. The molecule has 2 aliphatic heterocycles. The van der Waals surface area contributed by atoms with Gasteiger partial charge in [-0.3, -0.25) is 14.5 Å². The lowest BCUT2D eigenvalue weighted by molar-refractivity contribution is -0.136. The molecule has 1 atom stereocenters. The van der Waals surface area contributed by atoms with Crippen molar-refractivity contribution in [1.82, 2.24) is 14.7 Å². The minimum atomic E-state index is -0.00552. The topological polar surface area (TPSA) is 62.3 Å². The average molecular weight is 432 g/mol. The molecule has 0 spiro atoms. The van der Waals surface area contributed by atoms with Crippen molar-refractivity contribution in [3.8, 4) is 11.5 Å². The Bertz CT molecular complexity index is 746. The van der Waals surface area contributed by atoms with Crippen LogP contribution in [0.25, 0.3) is 0 Å². The highest BCUT2D eigenvalue weighted by atomic mass is 16.5. The summed E-state index contributed by atoms with van der Waals surface area (Å²) in [6.45, 7) is 8.90. The highest BCUT2D eigenvalue weighted by molar-refractivity contribution is 5.95. The van der Waals surface area contributed by atoms with Crippen LogP contribution in [-0.4, -0.2) is 85.5 Å². The van der Waals surface area contributed by atoms with Crippen molar-refractivity contribution in [3.05, 3.63) is 23.8 Å². The van der Waals surface area contributed by atoms with E-state index in [2.05, 4.69) is 18.7 Å². The molecule has 0 aromatic heterocycles. The van der Waals surface area contributed by atoms with Gasteiger partial charge in [-0.25, -0.2) is 0 Å². The third kappa shape index (κ3) is 6.12. The van der Waals surface area contributed by atoms with Gasteiger partial charge in [0, 0.05) is 44.3 Å². The van der Waals surface area contributed by atoms with E-state index < -0.39 is 0 Å². The van der Waals surface area contributed by atoms with Gasteiger partial charge in [-0.1, -0.05) is 13.3 Å². The number of piperazine rings is 1. The molecule has 2 fully saturated rings. The fraction of sp³-hybridized carbons (Fsp3) is 0.667. The molecule has 3 rings (SSSR count). The lowest BCUT2D eigenvalue weighted by Gasteiger charge is -2.38. The maximum absolute atomic E-state index is 13.0. The number of methoxy groups -OCH3 is 1. The van der Waals surface area contributed by atoms with Crippen LogP contribution in [0.4, 0.5) is 0 Å². The van der Waals surface area contributed by atoms with Gasteiger partial charge in [0.15, 0.2) is 11.5 Å². The van der Waals surface area contributed by atoms with Crippen LogP contribution < -0.4 is 9.47 Å². The maximum Gasteiger partial charge on any atom is 0.254 e. The van der Waals surface area contributed by atoms with Gasteiger partial charge in [0.2, 0.25) is 5.91 Å². The van der Waals surface area contributed by atoms with Gasteiger partial charge in [0.25, 0.3) is 5.91 Å². The first-order valence-electron chi connectivity index (χ1n) is 11.7. The molecular formula is C24H37N3O4. The summed E-state index contributed by atoms with van der Waals surface area (Å²) < 4.78 is 11.2. The number of hydrogen-bond acceptors (Lipinski definition) is 5. The van der Waals surface area contributed by atoms with E-state index in [1.807, 2.05) is 15.9 Å². The van der Waals surface area contributed by atoms with E-state index in [9.17, 15) is 9.59 Å². The molecule has 2 aliphatic rings. The molecule has 0 saturated carbocycles. The Balaban J connectivity index is 1.52. The second kappa shape index (κ2) is 11.4. The van der Waals surface area contributed by atoms with Crippen LogP contribution in [0.1, 0.15) is 56.3 Å². The molecule has 1 aromatic rings. The minimum Gasteiger partial charge on any atom is -0.493 e. The fourth-order valence-electron chi connectivity index (χ4n) is 4.29. The molecule has 2 heterocycles. The summed E-state index contributed by atoms with van der Waals surface area (Å²) in [7, 11) is 1.59. The summed E-state index contributed by atoms with van der Waals surface area (Å²) >= 11 is 0. The van der Waals surface area contributed by atoms with Gasteiger partial charge in [0.1, 0.15) is 0 Å². The number of nitrogens with zero attached hydrogens (tertiary/aromatic N) is 3. The molecule has 172 valence electrons. The standard InChI is InChI=1S/C24H37N3O4/c1-4-5-16-31-21-10-9-20(17-22(21)30-3)24(29)26-14-12-25(13-15-26)18-23(28)27-11-7-6-8-19(27)2/h9-10,17,19H,4-8,11-16,18H2,1-3H3. The summed E-state index contributed by atoms with van der Waals surface area (Å²) in [6, 6.07) is 5.72. The number of carbonyl (C=O) groups is 2. The van der Waals surface area contributed by atoms with Gasteiger partial charge in [-0.05, 0) is 50.8 Å². The van der Waals surface area contributed by atoms with Gasteiger partial charge in [0.05, 0.1) is 20.3 Å². The van der Waals surface area contributed by atoms with E-state index in [-0.39, 0.29) is 11.8 Å². The number of carbonyl (C=O) groups excluding carboxylic acids is 2. The zero-order valence-corrected chi connectivity index (χ0v) is 19.3. The van der Waals surface area contributed by atoms with Crippen LogP contribution in [0.2, 0.25) is 0 Å². The number of piperidine rings is 1. The van der Waals surface area contributed by atoms with Crippen molar-refractivity contribution < 1.29 is 19.1 Å². The van der Waals surface area contributed by atoms with Crippen molar-refractivity contribution in [1.29, 1.82) is 0 Å². The second-order valence-corrected chi connectivity index (χ2v) is 8.57. The lowest BCUT2D eigenvalue weighted by Crippen LogP contribution is -2.53. The fourth-order valence-corrected chi connectivity index (χ4v) is 4.29. The number of likely N-dealkylation sites (tertiary alicyclic amines) is 1. The molecule has 0 aliphatic carbocycles. The Morgan fingerprint density at radius 1 is 1.06 bits per heavy atom. The molecular weight excluding hydrogens is 394 g/mol. The molecule has 0 bridgehead atoms. The normalized spacial score (nSPS) is 19.9. The van der Waals surface area contributed by atoms with Crippen LogP contribution in [0, 0.1) is 0 Å². The largest absolute Gasteiger partial charge is 0.493 e. The number of ether oxygens (including phenoxy) is 2. The van der Waals surface area contributed by atoms with Gasteiger partial charge in [-0.15, -0.1) is 0 Å². The van der Waals surface area contributed by atoms with Crippen molar-refractivity contribution >= 4 is 11.8 Å². The summed E-state index contributed by atoms with van der Waals surface area (Å²) in [4.78, 5) is 31.7. The Morgan fingerprint density at radius 2 is 1.84 bits per heavy atom. The first-order chi connectivity index (χ1) is 15.0. The molecule has 0 N–H and O–H groups in total. The van der Waals surface area contributed by atoms with E-state index in [0.717, 1.165) is 45.3 Å². The van der Waals surface area contributed by atoms with Crippen LogP contribution in [-0.2, 0) is 4.79 Å². The third-order valence-electron chi connectivity index (χ3n) is 6.31. The number of hydrogen-bond donors (Lipinski definition) is 0. The van der Waals surface area contributed by atoms with E-state index in [1.165, 1.54) is 6.42 Å². The van der Waals surface area contributed by atoms with E-state index in [1.54, 1.807) is 19.2 Å². The van der Waals surface area contributed by atoms with Gasteiger partial charge < -0.3 is 19.3 Å². The van der Waals surface area contributed by atoms with Crippen LogP contribution in [0.5, 0.6) is 11.5 Å². The van der Waals surface area contributed by atoms with Crippen LogP contribution >= 0.6 is 0 Å². The highest BCUT2D eigenvalue weighted by Crippen LogP contribution is 2.29. The first-order valence-corrected chi connectivity index (χ1v) is 11.7. The number of unbranched alkanes of at least 4 members (excludes halogenated alkanes) is 1. The highest BCUT2D eigenvalue weighted by Gasteiger charge is 2.28. The maximum atomic E-state index is 13.0. The summed E-state index contributed by atoms with van der Waals surface area (Å²) in [5.74, 6) is 1.47. The van der Waals surface area contributed by atoms with Gasteiger partial charge in [-0.2, -0.15) is 0 Å².